The predicted octanol–water partition coefficient (Wildman–Crippen LogP) is 3.28. The van der Waals surface area contributed by atoms with E-state index in [9.17, 15) is 9.59 Å². The van der Waals surface area contributed by atoms with Gasteiger partial charge in [0.25, 0.3) is 11.8 Å². The molecule has 2 amide bonds. The summed E-state index contributed by atoms with van der Waals surface area (Å²) in [5.74, 6) is -0.114. The molecule has 6 nitrogen and oxygen atoms in total. The Labute approximate surface area is 141 Å². The van der Waals surface area contributed by atoms with Gasteiger partial charge in [0, 0.05) is 5.56 Å². The summed E-state index contributed by atoms with van der Waals surface area (Å²) in [7, 11) is 0. The summed E-state index contributed by atoms with van der Waals surface area (Å²) in [6.07, 6.45) is 0. The second-order valence-electron chi connectivity index (χ2n) is 5.15. The van der Waals surface area contributed by atoms with Gasteiger partial charge in [-0.2, -0.15) is 4.98 Å². The molecule has 0 saturated carbocycles. The Morgan fingerprint density at radius 1 is 0.917 bits per heavy atom. The zero-order chi connectivity index (χ0) is 16.7. The third kappa shape index (κ3) is 2.11. The monoisotopic (exact) mass is 339 g/mol. The molecule has 0 fully saturated rings. The zero-order valence-electron chi connectivity index (χ0n) is 12.3. The molecule has 0 atom stereocenters. The van der Waals surface area contributed by atoms with Gasteiger partial charge in [0.2, 0.25) is 11.7 Å². The van der Waals surface area contributed by atoms with Gasteiger partial charge in [0.1, 0.15) is 5.88 Å². The number of halogens is 1. The van der Waals surface area contributed by atoms with Crippen LogP contribution in [0.1, 0.15) is 26.6 Å². The molecule has 118 valence electrons. The van der Waals surface area contributed by atoms with Crippen LogP contribution in [0.2, 0.25) is 0 Å². The summed E-state index contributed by atoms with van der Waals surface area (Å²) >= 11 is 5.69. The van der Waals surface area contributed by atoms with Crippen LogP contribution >= 0.6 is 11.6 Å². The highest BCUT2D eigenvalue weighted by molar-refractivity contribution is 6.35. The van der Waals surface area contributed by atoms with E-state index in [2.05, 4.69) is 10.1 Å². The molecule has 2 aromatic carbocycles. The van der Waals surface area contributed by atoms with E-state index in [0.717, 1.165) is 4.90 Å². The SMILES string of the molecule is O=C1c2ccccc2C(=O)N1c1ccccc1-c1noc(CCl)n1. The van der Waals surface area contributed by atoms with Crippen LogP contribution in [-0.4, -0.2) is 22.0 Å². The number of para-hydroxylation sites is 1. The van der Waals surface area contributed by atoms with Crippen molar-refractivity contribution in [1.29, 1.82) is 0 Å². The molecular formula is C17H10ClN3O3. The number of hydrogen-bond acceptors (Lipinski definition) is 5. The summed E-state index contributed by atoms with van der Waals surface area (Å²) in [6.45, 7) is 0. The molecule has 2 heterocycles. The molecule has 0 radical (unpaired) electrons. The molecule has 0 bridgehead atoms. The third-order valence-electron chi connectivity index (χ3n) is 3.76. The number of fused-ring (bicyclic) bond motifs is 1. The number of nitrogens with zero attached hydrogens (tertiary/aromatic N) is 3. The topological polar surface area (TPSA) is 76.3 Å². The van der Waals surface area contributed by atoms with Crippen molar-refractivity contribution in [3.05, 3.63) is 65.5 Å². The van der Waals surface area contributed by atoms with Gasteiger partial charge in [-0.05, 0) is 24.3 Å². The maximum atomic E-state index is 12.7. The molecule has 3 aromatic rings. The Kier molecular flexibility index (Phi) is 3.39. The number of hydrogen-bond donors (Lipinski definition) is 0. The summed E-state index contributed by atoms with van der Waals surface area (Å²) in [5, 5.41) is 3.87. The van der Waals surface area contributed by atoms with E-state index in [-0.39, 0.29) is 29.4 Å². The molecule has 24 heavy (non-hydrogen) atoms. The predicted molar refractivity (Wildman–Crippen MR) is 86.9 cm³/mol. The second-order valence-corrected chi connectivity index (χ2v) is 5.42. The highest BCUT2D eigenvalue weighted by atomic mass is 35.5. The van der Waals surface area contributed by atoms with Crippen LogP contribution in [0.15, 0.2) is 53.1 Å². The Balaban J connectivity index is 1.84. The Morgan fingerprint density at radius 2 is 1.50 bits per heavy atom. The fourth-order valence-electron chi connectivity index (χ4n) is 2.68. The highest BCUT2D eigenvalue weighted by Gasteiger charge is 2.37. The molecule has 7 heteroatoms. The summed E-state index contributed by atoms with van der Waals surface area (Å²) in [6, 6.07) is 13.6. The molecule has 0 saturated heterocycles. The Morgan fingerprint density at radius 3 is 2.08 bits per heavy atom. The maximum Gasteiger partial charge on any atom is 0.266 e. The minimum absolute atomic E-state index is 0.0855. The van der Waals surface area contributed by atoms with Crippen LogP contribution in [0.5, 0.6) is 0 Å². The van der Waals surface area contributed by atoms with E-state index in [1.165, 1.54) is 0 Å². The minimum atomic E-state index is -0.371. The standard InChI is InChI=1S/C17H10ClN3O3/c18-9-14-19-15(20-24-14)12-7-3-4-8-13(12)21-16(22)10-5-1-2-6-11(10)17(21)23/h1-8H,9H2. The number of carbonyl (C=O) groups excluding carboxylic acids is 2. The maximum absolute atomic E-state index is 12.7. The molecule has 0 unspecified atom stereocenters. The third-order valence-corrected chi connectivity index (χ3v) is 3.99. The molecule has 0 aliphatic carbocycles. The van der Waals surface area contributed by atoms with Crippen LogP contribution in [-0.2, 0) is 5.88 Å². The first-order chi connectivity index (χ1) is 11.7. The van der Waals surface area contributed by atoms with Crippen molar-refractivity contribution in [3.8, 4) is 11.4 Å². The van der Waals surface area contributed by atoms with Crippen LogP contribution in [0.4, 0.5) is 5.69 Å². The number of aromatic nitrogens is 2. The number of benzene rings is 2. The van der Waals surface area contributed by atoms with Gasteiger partial charge < -0.3 is 4.52 Å². The van der Waals surface area contributed by atoms with Gasteiger partial charge in [-0.3, -0.25) is 9.59 Å². The van der Waals surface area contributed by atoms with E-state index in [1.54, 1.807) is 48.5 Å². The van der Waals surface area contributed by atoms with Crippen molar-refractivity contribution in [2.75, 3.05) is 4.90 Å². The van der Waals surface area contributed by atoms with E-state index in [0.29, 0.717) is 22.4 Å². The molecular weight excluding hydrogens is 330 g/mol. The lowest BCUT2D eigenvalue weighted by atomic mass is 10.1. The summed E-state index contributed by atoms with van der Waals surface area (Å²) in [5.41, 5.74) is 1.69. The molecule has 0 spiro atoms. The van der Waals surface area contributed by atoms with Gasteiger partial charge in [0.05, 0.1) is 16.8 Å². The molecule has 1 aromatic heterocycles. The molecule has 4 rings (SSSR count). The lowest BCUT2D eigenvalue weighted by Gasteiger charge is -2.16. The number of alkyl halides is 1. The number of anilines is 1. The van der Waals surface area contributed by atoms with Crippen LogP contribution in [0.25, 0.3) is 11.4 Å². The summed E-state index contributed by atoms with van der Waals surface area (Å²) < 4.78 is 5.02. The largest absolute Gasteiger partial charge is 0.338 e. The highest BCUT2D eigenvalue weighted by Crippen LogP contribution is 2.34. The lowest BCUT2D eigenvalue weighted by molar-refractivity contribution is 0.0926. The second kappa shape index (κ2) is 5.58. The number of carbonyl (C=O) groups is 2. The fourth-order valence-corrected chi connectivity index (χ4v) is 2.79. The zero-order valence-corrected chi connectivity index (χ0v) is 13.0. The fraction of sp³-hybridized carbons (Fsp3) is 0.0588. The number of imide groups is 1. The molecule has 0 N–H and O–H groups in total. The summed E-state index contributed by atoms with van der Waals surface area (Å²) in [4.78, 5) is 30.7. The van der Waals surface area contributed by atoms with Crippen molar-refractivity contribution >= 4 is 29.1 Å². The molecule has 1 aliphatic rings. The average Bonchev–Trinajstić information content (AvgIpc) is 3.19. The first kappa shape index (κ1) is 14.6. The van der Waals surface area contributed by atoms with Gasteiger partial charge in [-0.1, -0.05) is 29.4 Å². The number of amides is 2. The quantitative estimate of drug-likeness (QED) is 0.540. The first-order valence-electron chi connectivity index (χ1n) is 7.16. The van der Waals surface area contributed by atoms with E-state index in [1.807, 2.05) is 0 Å². The smallest absolute Gasteiger partial charge is 0.266 e. The van der Waals surface area contributed by atoms with Gasteiger partial charge in [0.15, 0.2) is 0 Å². The van der Waals surface area contributed by atoms with Gasteiger partial charge >= 0.3 is 0 Å². The first-order valence-corrected chi connectivity index (χ1v) is 7.70. The van der Waals surface area contributed by atoms with E-state index < -0.39 is 0 Å². The average molecular weight is 340 g/mol. The van der Waals surface area contributed by atoms with Gasteiger partial charge in [-0.15, -0.1) is 11.6 Å². The van der Waals surface area contributed by atoms with Crippen LogP contribution in [0, 0.1) is 0 Å². The van der Waals surface area contributed by atoms with E-state index >= 15 is 0 Å². The van der Waals surface area contributed by atoms with Crippen LogP contribution < -0.4 is 4.90 Å². The van der Waals surface area contributed by atoms with Crippen molar-refractivity contribution in [2.24, 2.45) is 0 Å². The normalized spacial score (nSPS) is 13.5. The van der Waals surface area contributed by atoms with Gasteiger partial charge in [-0.25, -0.2) is 4.90 Å². The van der Waals surface area contributed by atoms with E-state index in [4.69, 9.17) is 16.1 Å². The van der Waals surface area contributed by atoms with Crippen molar-refractivity contribution in [1.82, 2.24) is 10.1 Å². The number of rotatable bonds is 3. The van der Waals surface area contributed by atoms with Crippen molar-refractivity contribution in [2.45, 2.75) is 5.88 Å². The van der Waals surface area contributed by atoms with Crippen LogP contribution in [0.3, 0.4) is 0 Å². The van der Waals surface area contributed by atoms with Crippen molar-refractivity contribution in [3.63, 3.8) is 0 Å². The Bertz CT molecular complexity index is 932. The lowest BCUT2D eigenvalue weighted by Crippen LogP contribution is -2.29. The Hall–Kier alpha value is -2.99. The molecule has 1 aliphatic heterocycles. The van der Waals surface area contributed by atoms with Crippen molar-refractivity contribution < 1.29 is 14.1 Å². The minimum Gasteiger partial charge on any atom is -0.338 e.